The average molecular weight is 341 g/mol. The number of nitrogens with zero attached hydrogens (tertiary/aromatic N) is 2. The third kappa shape index (κ3) is 5.75. The van der Waals surface area contributed by atoms with Crippen LogP contribution in [0.4, 0.5) is 0 Å². The van der Waals surface area contributed by atoms with Crippen molar-refractivity contribution in [3.8, 4) is 0 Å². The molecule has 0 atom stereocenters. The van der Waals surface area contributed by atoms with E-state index in [1.807, 2.05) is 35.2 Å². The second-order valence-electron chi connectivity index (χ2n) is 5.77. The molecule has 1 saturated heterocycles. The van der Waals surface area contributed by atoms with Gasteiger partial charge in [0.15, 0.2) is 0 Å². The second-order valence-corrected chi connectivity index (χ2v) is 5.77. The Morgan fingerprint density at radius 2 is 1.68 bits per heavy atom. The van der Waals surface area contributed by atoms with Crippen LogP contribution in [0.5, 0.6) is 0 Å². The minimum atomic E-state index is 0.237. The van der Waals surface area contributed by atoms with E-state index in [2.05, 4.69) is 33.1 Å². The van der Waals surface area contributed by atoms with Gasteiger partial charge in [-0.25, -0.2) is 0 Å². The minimum Gasteiger partial charge on any atom is -0.506 e. The Labute approximate surface area is 152 Å². The van der Waals surface area contributed by atoms with E-state index in [0.717, 1.165) is 24.2 Å². The Morgan fingerprint density at radius 3 is 2.20 bits per heavy atom. The summed E-state index contributed by atoms with van der Waals surface area (Å²) in [6.45, 7) is 14.2. The first kappa shape index (κ1) is 20.4. The third-order valence-electron chi connectivity index (χ3n) is 4.12. The summed E-state index contributed by atoms with van der Waals surface area (Å²) in [5.41, 5.74) is 8.27. The quantitative estimate of drug-likeness (QED) is 0.337. The van der Waals surface area contributed by atoms with Crippen LogP contribution in [0, 0.1) is 5.92 Å². The zero-order chi connectivity index (χ0) is 18.8. The van der Waals surface area contributed by atoms with Crippen LogP contribution in [0.3, 0.4) is 0 Å². The van der Waals surface area contributed by atoms with E-state index < -0.39 is 0 Å². The normalized spacial score (nSPS) is 16.8. The summed E-state index contributed by atoms with van der Waals surface area (Å²) in [6, 6.07) is 0. The zero-order valence-electron chi connectivity index (χ0n) is 15.7. The second kappa shape index (κ2) is 10.3. The molecule has 4 heteroatoms. The summed E-state index contributed by atoms with van der Waals surface area (Å²) >= 11 is 0. The summed E-state index contributed by atoms with van der Waals surface area (Å²) in [5.74, 6) is 0.791. The summed E-state index contributed by atoms with van der Waals surface area (Å²) in [5, 5.41) is 14.2. The van der Waals surface area contributed by atoms with Gasteiger partial charge in [0.05, 0.1) is 11.4 Å². The van der Waals surface area contributed by atoms with Crippen molar-refractivity contribution in [3.05, 3.63) is 84.6 Å². The van der Waals surface area contributed by atoms with Crippen molar-refractivity contribution in [2.24, 2.45) is 11.7 Å². The van der Waals surface area contributed by atoms with Gasteiger partial charge < -0.3 is 10.8 Å². The van der Waals surface area contributed by atoms with Crippen LogP contribution in [0.1, 0.15) is 33.6 Å². The standard InChI is InChI=1S/C21H31N3O/c1-6-12-18(22)19(13-7-2)23-16-24(23)20(21(25)10-5)15-11-14-17(8-3)9-4/h6-7,10-15,17,25H,1-2,8-9,16,22H2,3-5H3/b14-11+,18-12+,19-13+,20-15+,21-10+. The molecule has 0 aromatic heterocycles. The molecule has 1 heterocycles. The number of hydrogen-bond acceptors (Lipinski definition) is 4. The van der Waals surface area contributed by atoms with E-state index in [0.29, 0.717) is 18.3 Å². The van der Waals surface area contributed by atoms with E-state index in [4.69, 9.17) is 5.73 Å². The van der Waals surface area contributed by atoms with Gasteiger partial charge in [-0.15, -0.1) is 0 Å². The predicted octanol–water partition coefficient (Wildman–Crippen LogP) is 4.91. The fraction of sp³-hybridized carbons (Fsp3) is 0.333. The Balaban J connectivity index is 3.04. The van der Waals surface area contributed by atoms with E-state index in [9.17, 15) is 5.11 Å². The molecule has 0 bridgehead atoms. The molecule has 1 fully saturated rings. The average Bonchev–Trinajstić information content (AvgIpc) is 3.39. The third-order valence-corrected chi connectivity index (χ3v) is 4.12. The molecule has 136 valence electrons. The first-order valence-electron chi connectivity index (χ1n) is 8.74. The lowest BCUT2D eigenvalue weighted by Crippen LogP contribution is -2.14. The van der Waals surface area contributed by atoms with Crippen molar-refractivity contribution in [1.29, 1.82) is 0 Å². The van der Waals surface area contributed by atoms with Crippen LogP contribution in [0.15, 0.2) is 84.6 Å². The van der Waals surface area contributed by atoms with Crippen LogP contribution in [-0.4, -0.2) is 21.8 Å². The van der Waals surface area contributed by atoms with Gasteiger partial charge >= 0.3 is 0 Å². The first-order chi connectivity index (χ1) is 12.0. The summed E-state index contributed by atoms with van der Waals surface area (Å²) in [4.78, 5) is 0. The lowest BCUT2D eigenvalue weighted by molar-refractivity contribution is 0.357. The molecular weight excluding hydrogens is 310 g/mol. The van der Waals surface area contributed by atoms with E-state index in [1.165, 1.54) is 0 Å². The maximum absolute atomic E-state index is 10.3. The summed E-state index contributed by atoms with van der Waals surface area (Å²) in [6.07, 6.45) is 17.0. The SMILES string of the molecule is C=C/C=C(N)\C(=C/C=C)N1CN1C(=C/C=C/C(CC)CC)/C(O)=C\C. The number of hydrogen-bond donors (Lipinski definition) is 2. The Kier molecular flexibility index (Phi) is 8.40. The number of nitrogens with two attached hydrogens (primary N) is 1. The summed E-state index contributed by atoms with van der Waals surface area (Å²) in [7, 11) is 0. The first-order valence-corrected chi connectivity index (χ1v) is 8.74. The van der Waals surface area contributed by atoms with Crippen LogP contribution in [0.2, 0.25) is 0 Å². The van der Waals surface area contributed by atoms with Crippen LogP contribution >= 0.6 is 0 Å². The molecule has 0 aromatic rings. The van der Waals surface area contributed by atoms with Crippen molar-refractivity contribution in [1.82, 2.24) is 10.0 Å². The van der Waals surface area contributed by atoms with Gasteiger partial charge in [-0.1, -0.05) is 51.3 Å². The van der Waals surface area contributed by atoms with Crippen molar-refractivity contribution < 1.29 is 5.11 Å². The molecule has 1 aliphatic heterocycles. The maximum Gasteiger partial charge on any atom is 0.136 e. The molecule has 1 rings (SSSR count). The molecule has 0 saturated carbocycles. The molecule has 25 heavy (non-hydrogen) atoms. The molecule has 0 aromatic carbocycles. The van der Waals surface area contributed by atoms with Crippen LogP contribution in [0.25, 0.3) is 0 Å². The molecule has 0 unspecified atom stereocenters. The highest BCUT2D eigenvalue weighted by Crippen LogP contribution is 2.32. The highest BCUT2D eigenvalue weighted by atomic mass is 16.3. The van der Waals surface area contributed by atoms with E-state index >= 15 is 0 Å². The lowest BCUT2D eigenvalue weighted by Gasteiger charge is -2.14. The number of aliphatic hydroxyl groups is 1. The van der Waals surface area contributed by atoms with Crippen LogP contribution in [-0.2, 0) is 0 Å². The van der Waals surface area contributed by atoms with Gasteiger partial charge in [0.2, 0.25) is 0 Å². The fourth-order valence-corrected chi connectivity index (χ4v) is 2.48. The molecule has 0 radical (unpaired) electrons. The van der Waals surface area contributed by atoms with E-state index in [1.54, 1.807) is 24.3 Å². The highest BCUT2D eigenvalue weighted by molar-refractivity contribution is 5.37. The van der Waals surface area contributed by atoms with Crippen molar-refractivity contribution in [3.63, 3.8) is 0 Å². The number of rotatable bonds is 10. The predicted molar refractivity (Wildman–Crippen MR) is 107 cm³/mol. The van der Waals surface area contributed by atoms with Crippen LogP contribution < -0.4 is 5.73 Å². The Morgan fingerprint density at radius 1 is 1.08 bits per heavy atom. The number of allylic oxidation sites excluding steroid dienone is 8. The zero-order valence-corrected chi connectivity index (χ0v) is 15.7. The number of hydrazine groups is 1. The molecule has 1 aliphatic rings. The lowest BCUT2D eigenvalue weighted by atomic mass is 10.0. The van der Waals surface area contributed by atoms with E-state index in [-0.39, 0.29) is 5.76 Å². The number of aliphatic hydroxyl groups excluding tert-OH is 1. The molecule has 4 nitrogen and oxygen atoms in total. The van der Waals surface area contributed by atoms with Gasteiger partial charge in [-0.2, -0.15) is 0 Å². The van der Waals surface area contributed by atoms with Gasteiger partial charge in [0, 0.05) is 0 Å². The van der Waals surface area contributed by atoms with Gasteiger partial charge in [-0.3, -0.25) is 10.0 Å². The minimum absolute atomic E-state index is 0.237. The highest BCUT2D eigenvalue weighted by Gasteiger charge is 2.36. The maximum atomic E-state index is 10.3. The molecular formula is C21H31N3O. The summed E-state index contributed by atoms with van der Waals surface area (Å²) < 4.78 is 0. The monoisotopic (exact) mass is 341 g/mol. The van der Waals surface area contributed by atoms with Gasteiger partial charge in [0.25, 0.3) is 0 Å². The van der Waals surface area contributed by atoms with Crippen molar-refractivity contribution in [2.45, 2.75) is 33.6 Å². The Hall–Kier alpha value is -2.62. The molecule has 0 amide bonds. The van der Waals surface area contributed by atoms with Gasteiger partial charge in [-0.05, 0) is 50.0 Å². The molecule has 0 aliphatic carbocycles. The molecule has 3 N–H and O–H groups in total. The van der Waals surface area contributed by atoms with Crippen molar-refractivity contribution in [2.75, 3.05) is 6.67 Å². The van der Waals surface area contributed by atoms with Crippen molar-refractivity contribution >= 4 is 0 Å². The topological polar surface area (TPSA) is 52.3 Å². The fourth-order valence-electron chi connectivity index (χ4n) is 2.48. The Bertz CT molecular complexity index is 619. The molecule has 0 spiro atoms. The largest absolute Gasteiger partial charge is 0.506 e. The smallest absolute Gasteiger partial charge is 0.136 e. The van der Waals surface area contributed by atoms with Gasteiger partial charge in [0.1, 0.15) is 18.1 Å².